The molecule has 1 atom stereocenters. The summed E-state index contributed by atoms with van der Waals surface area (Å²) in [6, 6.07) is 4.70. The van der Waals surface area contributed by atoms with Crippen molar-refractivity contribution in [2.24, 2.45) is 5.84 Å². The molecule has 1 aromatic carbocycles. The Kier molecular flexibility index (Phi) is 4.68. The number of hydrazine groups is 1. The zero-order valence-corrected chi connectivity index (χ0v) is 12.2. The molecule has 0 aliphatic heterocycles. The van der Waals surface area contributed by atoms with Crippen molar-refractivity contribution in [2.45, 2.75) is 25.9 Å². The molecule has 2 aromatic rings. The standard InChI is InChI=1S/C13H16BrFN4/c1-2-19-8-9(7-17-19)5-13(18-16)11-4-3-10(14)6-12(11)15/h3-4,6-8,13,18H,2,5,16H2,1H3. The lowest BCUT2D eigenvalue weighted by Crippen LogP contribution is -2.30. The molecular formula is C13H16BrFN4. The van der Waals surface area contributed by atoms with Crippen molar-refractivity contribution in [3.05, 3.63) is 52.0 Å². The van der Waals surface area contributed by atoms with Crippen LogP contribution in [0.1, 0.15) is 24.1 Å². The maximum Gasteiger partial charge on any atom is 0.129 e. The SMILES string of the molecule is CCn1cc(CC(NN)c2ccc(Br)cc2F)cn1. The molecule has 0 spiro atoms. The number of hydrogen-bond acceptors (Lipinski definition) is 3. The van der Waals surface area contributed by atoms with Crippen LogP contribution >= 0.6 is 15.9 Å². The van der Waals surface area contributed by atoms with Crippen LogP contribution in [0.25, 0.3) is 0 Å². The summed E-state index contributed by atoms with van der Waals surface area (Å²) in [4.78, 5) is 0. The minimum Gasteiger partial charge on any atom is -0.273 e. The van der Waals surface area contributed by atoms with Crippen LogP contribution in [-0.4, -0.2) is 9.78 Å². The summed E-state index contributed by atoms with van der Waals surface area (Å²) in [6.45, 7) is 2.83. The summed E-state index contributed by atoms with van der Waals surface area (Å²) in [6.07, 6.45) is 4.32. The first-order chi connectivity index (χ1) is 9.13. The topological polar surface area (TPSA) is 55.9 Å². The van der Waals surface area contributed by atoms with Gasteiger partial charge >= 0.3 is 0 Å². The van der Waals surface area contributed by atoms with Crippen molar-refractivity contribution in [2.75, 3.05) is 0 Å². The molecule has 0 aliphatic carbocycles. The van der Waals surface area contributed by atoms with E-state index in [4.69, 9.17) is 5.84 Å². The number of benzene rings is 1. The van der Waals surface area contributed by atoms with E-state index in [1.165, 1.54) is 6.07 Å². The van der Waals surface area contributed by atoms with Crippen LogP contribution in [0.5, 0.6) is 0 Å². The molecule has 1 aromatic heterocycles. The van der Waals surface area contributed by atoms with E-state index in [0.717, 1.165) is 12.1 Å². The highest BCUT2D eigenvalue weighted by molar-refractivity contribution is 9.10. The number of nitrogens with zero attached hydrogens (tertiary/aromatic N) is 2. The molecule has 3 N–H and O–H groups in total. The first-order valence-corrected chi connectivity index (χ1v) is 6.85. The Bertz CT molecular complexity index is 555. The molecule has 1 heterocycles. The third kappa shape index (κ3) is 3.40. The molecule has 0 amide bonds. The Morgan fingerprint density at radius 2 is 2.32 bits per heavy atom. The van der Waals surface area contributed by atoms with Crippen molar-refractivity contribution in [1.29, 1.82) is 0 Å². The van der Waals surface area contributed by atoms with Gasteiger partial charge in [-0.25, -0.2) is 4.39 Å². The maximum absolute atomic E-state index is 13.9. The summed E-state index contributed by atoms with van der Waals surface area (Å²) in [5.74, 6) is 5.27. The third-order valence-electron chi connectivity index (χ3n) is 2.99. The largest absolute Gasteiger partial charge is 0.273 e. The van der Waals surface area contributed by atoms with E-state index in [1.54, 1.807) is 18.3 Å². The van der Waals surface area contributed by atoms with Crippen LogP contribution in [0.2, 0.25) is 0 Å². The number of hydrogen-bond donors (Lipinski definition) is 2. The Morgan fingerprint density at radius 1 is 1.53 bits per heavy atom. The predicted molar refractivity (Wildman–Crippen MR) is 75.8 cm³/mol. The van der Waals surface area contributed by atoms with Gasteiger partial charge in [-0.3, -0.25) is 16.0 Å². The minimum atomic E-state index is -0.278. The smallest absolute Gasteiger partial charge is 0.129 e. The van der Waals surface area contributed by atoms with E-state index in [-0.39, 0.29) is 11.9 Å². The summed E-state index contributed by atoms with van der Waals surface area (Å²) < 4.78 is 16.5. The highest BCUT2D eigenvalue weighted by atomic mass is 79.9. The number of aryl methyl sites for hydroxylation is 1. The van der Waals surface area contributed by atoms with Crippen molar-refractivity contribution >= 4 is 15.9 Å². The number of rotatable bonds is 5. The Morgan fingerprint density at radius 3 is 2.89 bits per heavy atom. The van der Waals surface area contributed by atoms with Gasteiger partial charge in [-0.15, -0.1) is 0 Å². The van der Waals surface area contributed by atoms with Crippen LogP contribution in [0, 0.1) is 5.82 Å². The lowest BCUT2D eigenvalue weighted by Gasteiger charge is -2.16. The molecule has 0 fully saturated rings. The minimum absolute atomic E-state index is 0.275. The molecule has 4 nitrogen and oxygen atoms in total. The average Bonchev–Trinajstić information content (AvgIpc) is 2.84. The normalized spacial score (nSPS) is 12.6. The highest BCUT2D eigenvalue weighted by Gasteiger charge is 2.16. The fraction of sp³-hybridized carbons (Fsp3) is 0.308. The molecule has 0 bridgehead atoms. The van der Waals surface area contributed by atoms with Crippen LogP contribution in [-0.2, 0) is 13.0 Å². The van der Waals surface area contributed by atoms with Gasteiger partial charge in [-0.2, -0.15) is 5.10 Å². The Labute approximate surface area is 119 Å². The monoisotopic (exact) mass is 326 g/mol. The molecule has 0 saturated carbocycles. The van der Waals surface area contributed by atoms with Crippen LogP contribution in [0.3, 0.4) is 0 Å². The van der Waals surface area contributed by atoms with Gasteiger partial charge in [-0.1, -0.05) is 22.0 Å². The van der Waals surface area contributed by atoms with Crippen molar-refractivity contribution in [3.8, 4) is 0 Å². The third-order valence-corrected chi connectivity index (χ3v) is 3.48. The lowest BCUT2D eigenvalue weighted by atomic mass is 10.0. The summed E-state index contributed by atoms with van der Waals surface area (Å²) in [5.41, 5.74) is 4.23. The van der Waals surface area contributed by atoms with Crippen molar-refractivity contribution in [3.63, 3.8) is 0 Å². The molecule has 0 saturated heterocycles. The number of halogens is 2. The summed E-state index contributed by atoms with van der Waals surface area (Å²) in [7, 11) is 0. The van der Waals surface area contributed by atoms with Crippen LogP contribution in [0.15, 0.2) is 35.1 Å². The molecule has 6 heteroatoms. The van der Waals surface area contributed by atoms with Gasteiger partial charge in [0, 0.05) is 22.8 Å². The van der Waals surface area contributed by atoms with Crippen LogP contribution < -0.4 is 11.3 Å². The number of nitrogens with one attached hydrogen (secondary N) is 1. The van der Waals surface area contributed by atoms with Crippen molar-refractivity contribution in [1.82, 2.24) is 15.2 Å². The van der Waals surface area contributed by atoms with E-state index in [0.29, 0.717) is 16.5 Å². The number of nitrogens with two attached hydrogens (primary N) is 1. The lowest BCUT2D eigenvalue weighted by molar-refractivity contribution is 0.510. The molecule has 0 aliphatic rings. The molecule has 102 valence electrons. The first kappa shape index (κ1) is 14.2. The fourth-order valence-corrected chi connectivity index (χ4v) is 2.30. The van der Waals surface area contributed by atoms with Crippen molar-refractivity contribution < 1.29 is 4.39 Å². The number of aromatic nitrogens is 2. The zero-order chi connectivity index (χ0) is 13.8. The van der Waals surface area contributed by atoms with Crippen LogP contribution in [0.4, 0.5) is 4.39 Å². The Hall–Kier alpha value is -1.24. The van der Waals surface area contributed by atoms with Gasteiger partial charge in [0.25, 0.3) is 0 Å². The Balaban J connectivity index is 2.19. The summed E-state index contributed by atoms with van der Waals surface area (Å²) >= 11 is 3.24. The van der Waals surface area contributed by atoms with Gasteiger partial charge in [0.2, 0.25) is 0 Å². The molecule has 1 unspecified atom stereocenters. The second kappa shape index (κ2) is 6.27. The highest BCUT2D eigenvalue weighted by Crippen LogP contribution is 2.23. The quantitative estimate of drug-likeness (QED) is 0.655. The average molecular weight is 327 g/mol. The summed E-state index contributed by atoms with van der Waals surface area (Å²) in [5, 5.41) is 4.20. The van der Waals surface area contributed by atoms with Gasteiger partial charge in [-0.05, 0) is 31.0 Å². The van der Waals surface area contributed by atoms with Gasteiger partial charge in [0.1, 0.15) is 5.82 Å². The maximum atomic E-state index is 13.9. The van der Waals surface area contributed by atoms with E-state index in [1.807, 2.05) is 17.8 Å². The van der Waals surface area contributed by atoms with E-state index in [9.17, 15) is 4.39 Å². The molecule has 2 rings (SSSR count). The van der Waals surface area contributed by atoms with E-state index >= 15 is 0 Å². The fourth-order valence-electron chi connectivity index (χ4n) is 1.96. The van der Waals surface area contributed by atoms with Gasteiger partial charge in [0.15, 0.2) is 0 Å². The molecular weight excluding hydrogens is 311 g/mol. The van der Waals surface area contributed by atoms with E-state index in [2.05, 4.69) is 26.5 Å². The second-order valence-electron chi connectivity index (χ2n) is 4.29. The van der Waals surface area contributed by atoms with Gasteiger partial charge in [0.05, 0.1) is 12.2 Å². The van der Waals surface area contributed by atoms with E-state index < -0.39 is 0 Å². The first-order valence-electron chi connectivity index (χ1n) is 6.06. The zero-order valence-electron chi connectivity index (χ0n) is 10.6. The molecule has 0 radical (unpaired) electrons. The van der Waals surface area contributed by atoms with Gasteiger partial charge < -0.3 is 0 Å². The predicted octanol–water partition coefficient (Wildman–Crippen LogP) is 2.55. The molecule has 19 heavy (non-hydrogen) atoms. The second-order valence-corrected chi connectivity index (χ2v) is 5.21.